The zero-order valence-electron chi connectivity index (χ0n) is 12.8. The minimum absolute atomic E-state index is 0.111. The summed E-state index contributed by atoms with van der Waals surface area (Å²) >= 11 is 1.70. The minimum Gasteiger partial charge on any atom is -0.493 e. The average Bonchev–Trinajstić information content (AvgIpc) is 2.89. The molecule has 0 aliphatic heterocycles. The van der Waals surface area contributed by atoms with Crippen molar-refractivity contribution in [1.29, 1.82) is 0 Å². The molecule has 0 amide bonds. The van der Waals surface area contributed by atoms with Gasteiger partial charge in [0.15, 0.2) is 0 Å². The Morgan fingerprint density at radius 3 is 3.05 bits per heavy atom. The molecule has 2 aromatic rings. The van der Waals surface area contributed by atoms with Gasteiger partial charge in [-0.05, 0) is 26.6 Å². The molecule has 8 heteroatoms. The molecule has 0 fully saturated rings. The Morgan fingerprint density at radius 2 is 2.32 bits per heavy atom. The molecule has 2 heterocycles. The van der Waals surface area contributed by atoms with Gasteiger partial charge in [0.25, 0.3) is 5.56 Å². The van der Waals surface area contributed by atoms with E-state index in [1.54, 1.807) is 11.3 Å². The summed E-state index contributed by atoms with van der Waals surface area (Å²) in [6.07, 6.45) is 2.14. The standard InChI is InChI=1S/C14H21N5O2S/c1-19(2)8-11-6-10(9-22-11)21-5-3-4-16-14-17-7-12(15)13(20)18-14/h6-7,9H,3-5,8,15H2,1-2H3,(H2,16,17,18,20). The van der Waals surface area contributed by atoms with Crippen LogP contribution in [0.1, 0.15) is 11.3 Å². The van der Waals surface area contributed by atoms with E-state index in [9.17, 15) is 4.79 Å². The summed E-state index contributed by atoms with van der Waals surface area (Å²) in [4.78, 5) is 21.3. The van der Waals surface area contributed by atoms with Gasteiger partial charge in [0.1, 0.15) is 11.4 Å². The van der Waals surface area contributed by atoms with Crippen molar-refractivity contribution >= 4 is 23.0 Å². The number of hydrogen-bond acceptors (Lipinski definition) is 7. The van der Waals surface area contributed by atoms with Crippen LogP contribution in [-0.2, 0) is 6.54 Å². The number of rotatable bonds is 8. The summed E-state index contributed by atoms with van der Waals surface area (Å²) in [7, 11) is 4.09. The number of H-pyrrole nitrogens is 1. The van der Waals surface area contributed by atoms with E-state index in [4.69, 9.17) is 10.5 Å². The summed E-state index contributed by atoms with van der Waals surface area (Å²) in [6.45, 7) is 2.18. The number of aromatic nitrogens is 2. The van der Waals surface area contributed by atoms with Crippen molar-refractivity contribution < 1.29 is 4.74 Å². The lowest BCUT2D eigenvalue weighted by atomic mass is 10.4. The molecule has 2 rings (SSSR count). The van der Waals surface area contributed by atoms with Crippen molar-refractivity contribution in [3.63, 3.8) is 0 Å². The second-order valence-corrected chi connectivity index (χ2v) is 6.13. The predicted octanol–water partition coefficient (Wildman–Crippen LogP) is 1.36. The largest absolute Gasteiger partial charge is 0.493 e. The lowest BCUT2D eigenvalue weighted by Crippen LogP contribution is -2.17. The Bertz CT molecular complexity index is 653. The van der Waals surface area contributed by atoms with Crippen molar-refractivity contribution in [1.82, 2.24) is 14.9 Å². The molecule has 120 valence electrons. The maximum absolute atomic E-state index is 11.3. The Morgan fingerprint density at radius 1 is 1.50 bits per heavy atom. The van der Waals surface area contributed by atoms with E-state index < -0.39 is 0 Å². The van der Waals surface area contributed by atoms with Crippen LogP contribution in [0.5, 0.6) is 5.75 Å². The number of nitrogens with zero attached hydrogens (tertiary/aromatic N) is 2. The number of hydrogen-bond donors (Lipinski definition) is 3. The number of nitrogens with one attached hydrogen (secondary N) is 2. The molecule has 0 aliphatic carbocycles. The number of aromatic amines is 1. The van der Waals surface area contributed by atoms with E-state index in [2.05, 4.69) is 26.3 Å². The van der Waals surface area contributed by atoms with Crippen LogP contribution >= 0.6 is 11.3 Å². The van der Waals surface area contributed by atoms with Crippen molar-refractivity contribution in [3.05, 3.63) is 32.9 Å². The minimum atomic E-state index is -0.333. The molecular formula is C14H21N5O2S. The summed E-state index contributed by atoms with van der Waals surface area (Å²) in [5.41, 5.74) is 5.18. The molecule has 0 bridgehead atoms. The molecule has 7 nitrogen and oxygen atoms in total. The molecule has 22 heavy (non-hydrogen) atoms. The molecule has 0 atom stereocenters. The molecule has 0 aromatic carbocycles. The van der Waals surface area contributed by atoms with E-state index in [0.717, 1.165) is 18.7 Å². The maximum Gasteiger partial charge on any atom is 0.275 e. The third-order valence-corrected chi connectivity index (χ3v) is 3.71. The highest BCUT2D eigenvalue weighted by Crippen LogP contribution is 2.22. The third kappa shape index (κ3) is 5.05. The van der Waals surface area contributed by atoms with Gasteiger partial charge >= 0.3 is 0 Å². The zero-order valence-corrected chi connectivity index (χ0v) is 13.6. The van der Waals surface area contributed by atoms with Gasteiger partial charge in [0.05, 0.1) is 12.8 Å². The SMILES string of the molecule is CN(C)Cc1cc(OCCCNc2ncc(N)c(=O)[nH]2)cs1. The summed E-state index contributed by atoms with van der Waals surface area (Å²) in [5, 5.41) is 5.04. The van der Waals surface area contributed by atoms with E-state index in [1.165, 1.54) is 11.1 Å². The second-order valence-electron chi connectivity index (χ2n) is 5.13. The average molecular weight is 323 g/mol. The first kappa shape index (κ1) is 16.3. The number of nitrogens with two attached hydrogens (primary N) is 1. The smallest absolute Gasteiger partial charge is 0.275 e. The zero-order chi connectivity index (χ0) is 15.9. The van der Waals surface area contributed by atoms with Crippen molar-refractivity contribution in [2.45, 2.75) is 13.0 Å². The Balaban J connectivity index is 1.67. The molecular weight excluding hydrogens is 302 g/mol. The van der Waals surface area contributed by atoms with Crippen LogP contribution in [0.2, 0.25) is 0 Å². The third-order valence-electron chi connectivity index (χ3n) is 2.81. The fourth-order valence-electron chi connectivity index (χ4n) is 1.79. The number of nitrogen functional groups attached to an aromatic ring is 1. The quantitative estimate of drug-likeness (QED) is 0.635. The Hall–Kier alpha value is -2.06. The van der Waals surface area contributed by atoms with Crippen LogP contribution in [0.25, 0.3) is 0 Å². The van der Waals surface area contributed by atoms with Gasteiger partial charge < -0.3 is 20.7 Å². The molecule has 0 saturated heterocycles. The molecule has 0 radical (unpaired) electrons. The second kappa shape index (κ2) is 7.81. The van der Waals surface area contributed by atoms with E-state index in [0.29, 0.717) is 19.1 Å². The maximum atomic E-state index is 11.3. The first-order valence-corrected chi connectivity index (χ1v) is 7.86. The monoisotopic (exact) mass is 323 g/mol. The van der Waals surface area contributed by atoms with Crippen LogP contribution in [-0.4, -0.2) is 42.1 Å². The predicted molar refractivity (Wildman–Crippen MR) is 89.6 cm³/mol. The topological polar surface area (TPSA) is 96.3 Å². The highest BCUT2D eigenvalue weighted by atomic mass is 32.1. The summed E-state index contributed by atoms with van der Waals surface area (Å²) in [6, 6.07) is 2.07. The first-order chi connectivity index (χ1) is 10.5. The van der Waals surface area contributed by atoms with Gasteiger partial charge in [-0.15, -0.1) is 11.3 Å². The highest BCUT2D eigenvalue weighted by Gasteiger charge is 2.02. The van der Waals surface area contributed by atoms with Crippen LogP contribution in [0.4, 0.5) is 11.6 Å². The van der Waals surface area contributed by atoms with Gasteiger partial charge in [-0.25, -0.2) is 4.98 Å². The lowest BCUT2D eigenvalue weighted by Gasteiger charge is -2.07. The van der Waals surface area contributed by atoms with Crippen LogP contribution in [0.15, 0.2) is 22.4 Å². The number of anilines is 2. The lowest BCUT2D eigenvalue weighted by molar-refractivity contribution is 0.315. The molecule has 0 aliphatic rings. The molecule has 4 N–H and O–H groups in total. The van der Waals surface area contributed by atoms with Crippen LogP contribution in [0, 0.1) is 0 Å². The molecule has 0 unspecified atom stereocenters. The van der Waals surface area contributed by atoms with E-state index >= 15 is 0 Å². The highest BCUT2D eigenvalue weighted by molar-refractivity contribution is 7.10. The molecule has 0 spiro atoms. The fraction of sp³-hybridized carbons (Fsp3) is 0.429. The Labute approximate surface area is 133 Å². The summed E-state index contributed by atoms with van der Waals surface area (Å²) in [5.74, 6) is 1.32. The van der Waals surface area contributed by atoms with E-state index in [-0.39, 0.29) is 11.2 Å². The van der Waals surface area contributed by atoms with Gasteiger partial charge in [0, 0.05) is 23.3 Å². The van der Waals surface area contributed by atoms with Crippen molar-refractivity contribution in [3.8, 4) is 5.75 Å². The van der Waals surface area contributed by atoms with Gasteiger partial charge in [0.2, 0.25) is 5.95 Å². The summed E-state index contributed by atoms with van der Waals surface area (Å²) < 4.78 is 5.69. The Kier molecular flexibility index (Phi) is 5.79. The van der Waals surface area contributed by atoms with Crippen molar-refractivity contribution in [2.24, 2.45) is 0 Å². The van der Waals surface area contributed by atoms with Crippen LogP contribution < -0.4 is 21.3 Å². The van der Waals surface area contributed by atoms with Gasteiger partial charge in [-0.3, -0.25) is 9.78 Å². The number of ether oxygens (including phenoxy) is 1. The van der Waals surface area contributed by atoms with Crippen LogP contribution in [0.3, 0.4) is 0 Å². The normalized spacial score (nSPS) is 10.9. The van der Waals surface area contributed by atoms with Crippen molar-refractivity contribution in [2.75, 3.05) is 38.3 Å². The van der Waals surface area contributed by atoms with Gasteiger partial charge in [-0.1, -0.05) is 0 Å². The number of thiophene rings is 1. The molecule has 2 aromatic heterocycles. The van der Waals surface area contributed by atoms with E-state index in [1.807, 2.05) is 19.5 Å². The van der Waals surface area contributed by atoms with Gasteiger partial charge in [-0.2, -0.15) is 0 Å². The first-order valence-electron chi connectivity index (χ1n) is 6.98. The molecule has 0 saturated carbocycles. The fourth-order valence-corrected chi connectivity index (χ4v) is 2.71.